The fourth-order valence-electron chi connectivity index (χ4n) is 1.26. The summed E-state index contributed by atoms with van der Waals surface area (Å²) < 4.78 is 33.2. The van der Waals surface area contributed by atoms with Crippen LogP contribution in [0.5, 0.6) is 0 Å². The van der Waals surface area contributed by atoms with Crippen molar-refractivity contribution in [3.05, 3.63) is 10.6 Å². The normalized spacial score (nSPS) is 10.8. The molecule has 1 N–H and O–H groups in total. The molecule has 0 bridgehead atoms. The summed E-state index contributed by atoms with van der Waals surface area (Å²) in [5, 5.41) is 3.45. The first-order chi connectivity index (χ1) is 9.04. The van der Waals surface area contributed by atoms with Gasteiger partial charge >= 0.3 is 5.97 Å². The Balaban J connectivity index is 2.39. The number of aromatic nitrogens is 1. The Bertz CT molecular complexity index is 413. The van der Waals surface area contributed by atoms with E-state index in [2.05, 4.69) is 10.3 Å². The van der Waals surface area contributed by atoms with Gasteiger partial charge in [0.1, 0.15) is 6.61 Å². The summed E-state index contributed by atoms with van der Waals surface area (Å²) in [6, 6.07) is 0. The molecule has 1 aromatic heterocycles. The van der Waals surface area contributed by atoms with Gasteiger partial charge in [0.15, 0.2) is 10.8 Å². The number of aryl methyl sites for hydroxylation is 1. The number of ether oxygens (including phenoxy) is 2. The molecule has 19 heavy (non-hydrogen) atoms. The second-order valence-electron chi connectivity index (χ2n) is 3.54. The minimum atomic E-state index is -2.46. The number of anilines is 1. The Morgan fingerprint density at radius 2 is 2.26 bits per heavy atom. The number of hydrogen-bond donors (Lipinski definition) is 1. The average Bonchev–Trinajstić information content (AvgIpc) is 2.70. The number of carbonyl (C=O) groups excluding carboxylic acids is 1. The number of hydrogen-bond acceptors (Lipinski definition) is 6. The lowest BCUT2D eigenvalue weighted by atomic mass is 10.4. The first-order valence-corrected chi connectivity index (χ1v) is 6.60. The van der Waals surface area contributed by atoms with Gasteiger partial charge in [0.25, 0.3) is 6.43 Å². The third-order valence-electron chi connectivity index (χ3n) is 2.03. The van der Waals surface area contributed by atoms with Crippen molar-refractivity contribution in [2.75, 3.05) is 31.7 Å². The highest BCUT2D eigenvalue weighted by molar-refractivity contribution is 7.15. The number of esters is 1. The molecule has 1 heterocycles. The molecule has 0 fully saturated rings. The van der Waals surface area contributed by atoms with E-state index < -0.39 is 19.0 Å². The smallest absolute Gasteiger partial charge is 0.358 e. The van der Waals surface area contributed by atoms with E-state index in [1.54, 1.807) is 13.8 Å². The summed E-state index contributed by atoms with van der Waals surface area (Å²) in [6.07, 6.45) is -2.46. The number of nitrogens with one attached hydrogen (secondary N) is 1. The Morgan fingerprint density at radius 1 is 1.53 bits per heavy atom. The molecule has 0 amide bonds. The average molecular weight is 294 g/mol. The molecule has 8 heteroatoms. The van der Waals surface area contributed by atoms with E-state index >= 15 is 0 Å². The summed E-state index contributed by atoms with van der Waals surface area (Å²) in [6.45, 7) is 3.70. The Labute approximate surface area is 113 Å². The zero-order chi connectivity index (χ0) is 14.3. The molecule has 108 valence electrons. The van der Waals surface area contributed by atoms with Crippen LogP contribution < -0.4 is 5.32 Å². The van der Waals surface area contributed by atoms with Gasteiger partial charge in [-0.1, -0.05) is 0 Å². The summed E-state index contributed by atoms with van der Waals surface area (Å²) in [5.41, 5.74) is 0.280. The van der Waals surface area contributed by atoms with E-state index in [0.29, 0.717) is 18.3 Å². The maximum absolute atomic E-state index is 11.8. The summed E-state index contributed by atoms with van der Waals surface area (Å²) in [5.74, 6) is -0.460. The quantitative estimate of drug-likeness (QED) is 0.589. The lowest BCUT2D eigenvalue weighted by Gasteiger charge is -2.03. The van der Waals surface area contributed by atoms with Crippen LogP contribution in [0.4, 0.5) is 13.9 Å². The van der Waals surface area contributed by atoms with E-state index in [4.69, 9.17) is 9.47 Å². The van der Waals surface area contributed by atoms with Crippen molar-refractivity contribution in [1.29, 1.82) is 0 Å². The maximum atomic E-state index is 11.8. The molecule has 0 spiro atoms. The van der Waals surface area contributed by atoms with E-state index in [1.807, 2.05) is 0 Å². The van der Waals surface area contributed by atoms with Crippen LogP contribution in [0.25, 0.3) is 0 Å². The van der Waals surface area contributed by atoms with Crippen LogP contribution in [-0.2, 0) is 9.47 Å². The van der Waals surface area contributed by atoms with Crippen molar-refractivity contribution in [2.24, 2.45) is 0 Å². The topological polar surface area (TPSA) is 60.5 Å². The summed E-state index contributed by atoms with van der Waals surface area (Å²) in [7, 11) is 0. The van der Waals surface area contributed by atoms with Gasteiger partial charge in [-0.3, -0.25) is 0 Å². The highest BCUT2D eigenvalue weighted by atomic mass is 32.1. The molecule has 5 nitrogen and oxygen atoms in total. The number of alkyl halides is 2. The van der Waals surface area contributed by atoms with Crippen LogP contribution >= 0.6 is 11.3 Å². The number of nitrogens with zero attached hydrogens (tertiary/aromatic N) is 1. The van der Waals surface area contributed by atoms with Gasteiger partial charge in [0.2, 0.25) is 0 Å². The minimum Gasteiger partial charge on any atom is -0.461 e. The first-order valence-electron chi connectivity index (χ1n) is 5.79. The van der Waals surface area contributed by atoms with E-state index in [0.717, 1.165) is 4.88 Å². The minimum absolute atomic E-state index is 0.151. The number of halogens is 2. The van der Waals surface area contributed by atoms with Gasteiger partial charge < -0.3 is 14.8 Å². The lowest BCUT2D eigenvalue weighted by Crippen LogP contribution is -2.13. The maximum Gasteiger partial charge on any atom is 0.358 e. The molecule has 0 unspecified atom stereocenters. The molecular formula is C11H16F2N2O3S. The van der Waals surface area contributed by atoms with Gasteiger partial charge in [0, 0.05) is 11.4 Å². The van der Waals surface area contributed by atoms with E-state index in [-0.39, 0.29) is 12.3 Å². The molecule has 0 radical (unpaired) electrons. The van der Waals surface area contributed by atoms with Crippen molar-refractivity contribution in [3.63, 3.8) is 0 Å². The third-order valence-corrected chi connectivity index (χ3v) is 2.96. The number of thiazole rings is 1. The monoisotopic (exact) mass is 294 g/mol. The van der Waals surface area contributed by atoms with Crippen molar-refractivity contribution < 1.29 is 23.0 Å². The van der Waals surface area contributed by atoms with Gasteiger partial charge in [-0.05, 0) is 13.8 Å². The lowest BCUT2D eigenvalue weighted by molar-refractivity contribution is 0.0215. The van der Waals surface area contributed by atoms with Crippen molar-refractivity contribution >= 4 is 22.4 Å². The molecule has 1 rings (SSSR count). The number of carbonyl (C=O) groups is 1. The summed E-state index contributed by atoms with van der Waals surface area (Å²) >= 11 is 1.31. The predicted molar refractivity (Wildman–Crippen MR) is 68.1 cm³/mol. The SMILES string of the molecule is CCOC(=O)c1nc(NCCOCC(F)F)sc1C. The van der Waals surface area contributed by atoms with Crippen LogP contribution in [0.15, 0.2) is 0 Å². The Morgan fingerprint density at radius 3 is 2.89 bits per heavy atom. The second-order valence-corrected chi connectivity index (χ2v) is 4.74. The van der Waals surface area contributed by atoms with Crippen LogP contribution in [0, 0.1) is 6.92 Å². The van der Waals surface area contributed by atoms with Gasteiger partial charge in [-0.2, -0.15) is 0 Å². The summed E-state index contributed by atoms with van der Waals surface area (Å²) in [4.78, 5) is 16.4. The Kier molecular flexibility index (Phi) is 6.65. The molecule has 0 saturated carbocycles. The van der Waals surface area contributed by atoms with Gasteiger partial charge in [-0.25, -0.2) is 18.6 Å². The highest BCUT2D eigenvalue weighted by Gasteiger charge is 2.16. The predicted octanol–water partition coefficient (Wildman–Crippen LogP) is 2.32. The van der Waals surface area contributed by atoms with Crippen molar-refractivity contribution in [1.82, 2.24) is 4.98 Å². The zero-order valence-electron chi connectivity index (χ0n) is 10.7. The molecule has 0 aliphatic rings. The molecule has 0 saturated heterocycles. The number of rotatable bonds is 8. The molecule has 0 atom stereocenters. The zero-order valence-corrected chi connectivity index (χ0v) is 11.6. The second kappa shape index (κ2) is 8.00. The first kappa shape index (κ1) is 15.8. The Hall–Kier alpha value is -1.28. The fourth-order valence-corrected chi connectivity index (χ4v) is 2.09. The van der Waals surface area contributed by atoms with Crippen LogP contribution in [-0.4, -0.2) is 43.7 Å². The van der Waals surface area contributed by atoms with Gasteiger partial charge in [-0.15, -0.1) is 11.3 Å². The molecule has 0 aliphatic heterocycles. The van der Waals surface area contributed by atoms with Crippen molar-refractivity contribution in [3.8, 4) is 0 Å². The fraction of sp³-hybridized carbons (Fsp3) is 0.636. The van der Waals surface area contributed by atoms with Crippen LogP contribution in [0.1, 0.15) is 22.3 Å². The molecule has 0 aliphatic carbocycles. The third kappa shape index (κ3) is 5.48. The van der Waals surface area contributed by atoms with Crippen LogP contribution in [0.3, 0.4) is 0 Å². The van der Waals surface area contributed by atoms with Crippen LogP contribution in [0.2, 0.25) is 0 Å². The molecule has 0 aromatic carbocycles. The standard InChI is InChI=1S/C11H16F2N2O3S/c1-3-18-10(16)9-7(2)19-11(15-9)14-4-5-17-6-8(12)13/h8H,3-6H2,1-2H3,(H,14,15). The largest absolute Gasteiger partial charge is 0.461 e. The van der Waals surface area contributed by atoms with E-state index in [9.17, 15) is 13.6 Å². The van der Waals surface area contributed by atoms with Crippen molar-refractivity contribution in [2.45, 2.75) is 20.3 Å². The van der Waals surface area contributed by atoms with Gasteiger partial charge in [0.05, 0.1) is 13.2 Å². The van der Waals surface area contributed by atoms with E-state index in [1.165, 1.54) is 11.3 Å². The molecule has 1 aromatic rings. The highest BCUT2D eigenvalue weighted by Crippen LogP contribution is 2.22. The molecular weight excluding hydrogens is 278 g/mol.